The van der Waals surface area contributed by atoms with Crippen molar-refractivity contribution in [1.29, 1.82) is 0 Å². The monoisotopic (exact) mass is 360 g/mol. The van der Waals surface area contributed by atoms with E-state index in [4.69, 9.17) is 0 Å². The molecule has 1 aromatic carbocycles. The summed E-state index contributed by atoms with van der Waals surface area (Å²) in [5, 5.41) is 9.06. The molecule has 5 nitrogen and oxygen atoms in total. The van der Waals surface area contributed by atoms with E-state index in [9.17, 15) is 9.59 Å². The summed E-state index contributed by atoms with van der Waals surface area (Å²) >= 11 is 1.67. The molecule has 0 radical (unpaired) electrons. The maximum atomic E-state index is 12.0. The zero-order chi connectivity index (χ0) is 18.1. The molecule has 0 saturated carbocycles. The van der Waals surface area contributed by atoms with E-state index in [-0.39, 0.29) is 18.5 Å². The van der Waals surface area contributed by atoms with Crippen LogP contribution in [0.25, 0.3) is 0 Å². The van der Waals surface area contributed by atoms with Crippen molar-refractivity contribution in [2.45, 2.75) is 32.7 Å². The van der Waals surface area contributed by atoms with Gasteiger partial charge in [0.15, 0.2) is 6.54 Å². The molecule has 1 heterocycles. The number of benzene rings is 1. The molecule has 25 heavy (non-hydrogen) atoms. The molecule has 6 heteroatoms. The average Bonchev–Trinajstić information content (AvgIpc) is 3.11. The Labute approximate surface area is 152 Å². The lowest BCUT2D eigenvalue weighted by atomic mass is 10.0. The van der Waals surface area contributed by atoms with Crippen LogP contribution in [0.4, 0.5) is 4.79 Å². The molecule has 2 aromatic rings. The number of aryl methyl sites for hydroxylation is 1. The second kappa shape index (κ2) is 9.96. The first-order valence-electron chi connectivity index (χ1n) is 8.61. The zero-order valence-corrected chi connectivity index (χ0v) is 15.6. The van der Waals surface area contributed by atoms with Gasteiger partial charge < -0.3 is 10.6 Å². The molecule has 0 spiro atoms. The highest BCUT2D eigenvalue weighted by molar-refractivity contribution is 7.10. The number of hydrogen-bond acceptors (Lipinski definition) is 3. The smallest absolute Gasteiger partial charge is 0.321 e. The molecule has 1 atom stereocenters. The molecule has 4 N–H and O–H groups in total. The lowest BCUT2D eigenvalue weighted by molar-refractivity contribution is -0.676. The van der Waals surface area contributed by atoms with Crippen molar-refractivity contribution in [3.05, 3.63) is 57.8 Å². The number of unbranched alkanes of at least 4 members (excludes halogenated alkanes) is 1. The number of rotatable bonds is 8. The lowest BCUT2D eigenvalue weighted by Crippen LogP contribution is -2.87. The summed E-state index contributed by atoms with van der Waals surface area (Å²) < 4.78 is 0. The molecular weight excluding hydrogens is 334 g/mol. The molecule has 134 valence electrons. The number of carbonyl (C=O) groups excluding carboxylic acids is 2. The highest BCUT2D eigenvalue weighted by Crippen LogP contribution is 2.22. The van der Waals surface area contributed by atoms with E-state index in [0.29, 0.717) is 6.54 Å². The van der Waals surface area contributed by atoms with Crippen molar-refractivity contribution >= 4 is 23.3 Å². The topological polar surface area (TPSA) is 74.8 Å². The van der Waals surface area contributed by atoms with Crippen molar-refractivity contribution in [2.75, 3.05) is 13.1 Å². The molecule has 2 rings (SSSR count). The predicted molar refractivity (Wildman–Crippen MR) is 101 cm³/mol. The summed E-state index contributed by atoms with van der Waals surface area (Å²) in [4.78, 5) is 24.9. The summed E-state index contributed by atoms with van der Waals surface area (Å²) in [7, 11) is 0. The van der Waals surface area contributed by atoms with E-state index in [2.05, 4.69) is 54.8 Å². The Morgan fingerprint density at radius 3 is 2.60 bits per heavy atom. The number of nitrogens with two attached hydrogens (primary N) is 1. The normalized spacial score (nSPS) is 11.8. The van der Waals surface area contributed by atoms with Crippen LogP contribution in [-0.2, 0) is 4.79 Å². The Kier molecular flexibility index (Phi) is 7.63. The van der Waals surface area contributed by atoms with Gasteiger partial charge in [-0.1, -0.05) is 49.2 Å². The van der Waals surface area contributed by atoms with E-state index in [0.717, 1.165) is 18.4 Å². The number of hydrogen-bond donors (Lipinski definition) is 3. The predicted octanol–water partition coefficient (Wildman–Crippen LogP) is 2.34. The molecule has 0 aliphatic rings. The second-order valence-electron chi connectivity index (χ2n) is 6.00. The number of carbonyl (C=O) groups is 2. The van der Waals surface area contributed by atoms with Gasteiger partial charge in [-0.3, -0.25) is 10.1 Å². The van der Waals surface area contributed by atoms with Gasteiger partial charge in [-0.2, -0.15) is 0 Å². The SMILES string of the molecule is CCCCNC(=O)NC(=O)C[NH2+][C@@H](c1ccc(C)cc1)c1cccs1. The largest absolute Gasteiger partial charge is 0.338 e. The summed E-state index contributed by atoms with van der Waals surface area (Å²) in [6.07, 6.45) is 1.91. The Morgan fingerprint density at radius 1 is 1.20 bits per heavy atom. The third-order valence-corrected chi connectivity index (χ3v) is 4.85. The standard InChI is InChI=1S/C19H25N3O2S/c1-3-4-11-20-19(24)22-17(23)13-21-18(16-6-5-12-25-16)15-9-7-14(2)8-10-15/h5-10,12,18,21H,3-4,11,13H2,1-2H3,(H2,20,22,23,24)/p+1/t18-/m0/s1. The van der Waals surface area contributed by atoms with Gasteiger partial charge in [0.05, 0.1) is 4.88 Å². The molecule has 0 unspecified atom stereocenters. The van der Waals surface area contributed by atoms with Crippen LogP contribution < -0.4 is 16.0 Å². The first-order valence-corrected chi connectivity index (χ1v) is 9.49. The molecule has 0 aliphatic carbocycles. The number of imide groups is 1. The van der Waals surface area contributed by atoms with Crippen molar-refractivity contribution in [3.63, 3.8) is 0 Å². The Hall–Kier alpha value is -2.18. The van der Waals surface area contributed by atoms with E-state index < -0.39 is 6.03 Å². The minimum absolute atomic E-state index is 0.0505. The Balaban J connectivity index is 1.93. The van der Waals surface area contributed by atoms with Gasteiger partial charge in [0.25, 0.3) is 5.91 Å². The fraction of sp³-hybridized carbons (Fsp3) is 0.368. The highest BCUT2D eigenvalue weighted by Gasteiger charge is 2.20. The van der Waals surface area contributed by atoms with Gasteiger partial charge in [-0.05, 0) is 24.8 Å². The second-order valence-corrected chi connectivity index (χ2v) is 6.98. The van der Waals surface area contributed by atoms with Crippen LogP contribution in [0.15, 0.2) is 41.8 Å². The minimum Gasteiger partial charge on any atom is -0.338 e. The van der Waals surface area contributed by atoms with E-state index in [1.165, 1.54) is 10.4 Å². The number of urea groups is 1. The van der Waals surface area contributed by atoms with Gasteiger partial charge in [0.2, 0.25) is 0 Å². The molecule has 0 aliphatic heterocycles. The number of quaternary nitrogens is 1. The first kappa shape index (κ1) is 19.1. The highest BCUT2D eigenvalue weighted by atomic mass is 32.1. The van der Waals surface area contributed by atoms with Gasteiger partial charge in [-0.25, -0.2) is 4.79 Å². The fourth-order valence-electron chi connectivity index (χ4n) is 2.48. The van der Waals surface area contributed by atoms with E-state index in [1.54, 1.807) is 11.3 Å². The Morgan fingerprint density at radius 2 is 1.96 bits per heavy atom. The molecule has 0 bridgehead atoms. The third kappa shape index (κ3) is 6.32. The van der Waals surface area contributed by atoms with Crippen LogP contribution in [0.2, 0.25) is 0 Å². The third-order valence-electron chi connectivity index (χ3n) is 3.89. The van der Waals surface area contributed by atoms with Gasteiger partial charge in [0, 0.05) is 12.1 Å². The summed E-state index contributed by atoms with van der Waals surface area (Å²) in [5.41, 5.74) is 2.35. The fourth-order valence-corrected chi connectivity index (χ4v) is 3.33. The minimum atomic E-state index is -0.421. The van der Waals surface area contributed by atoms with Crippen LogP contribution in [0.5, 0.6) is 0 Å². The quantitative estimate of drug-likeness (QED) is 0.632. The zero-order valence-electron chi connectivity index (χ0n) is 14.7. The van der Waals surface area contributed by atoms with Gasteiger partial charge in [-0.15, -0.1) is 11.3 Å². The molecule has 3 amide bonds. The lowest BCUT2D eigenvalue weighted by Gasteiger charge is -2.15. The van der Waals surface area contributed by atoms with Crippen LogP contribution in [-0.4, -0.2) is 25.0 Å². The maximum absolute atomic E-state index is 12.0. The number of thiophene rings is 1. The van der Waals surface area contributed by atoms with Crippen LogP contribution in [0.3, 0.4) is 0 Å². The van der Waals surface area contributed by atoms with Crippen molar-refractivity contribution in [3.8, 4) is 0 Å². The molecule has 0 saturated heterocycles. The van der Waals surface area contributed by atoms with E-state index in [1.807, 2.05) is 16.8 Å². The summed E-state index contributed by atoms with van der Waals surface area (Å²) in [6, 6.07) is 12.0. The first-order chi connectivity index (χ1) is 12.1. The van der Waals surface area contributed by atoms with E-state index >= 15 is 0 Å². The Bertz CT molecular complexity index is 668. The summed E-state index contributed by atoms with van der Waals surface area (Å²) in [5.74, 6) is -0.289. The van der Waals surface area contributed by atoms with Gasteiger partial charge >= 0.3 is 6.03 Å². The maximum Gasteiger partial charge on any atom is 0.321 e. The average molecular weight is 361 g/mol. The number of nitrogens with one attached hydrogen (secondary N) is 2. The molecule has 0 fully saturated rings. The van der Waals surface area contributed by atoms with Crippen LogP contribution >= 0.6 is 11.3 Å². The van der Waals surface area contributed by atoms with Crippen molar-refractivity contribution < 1.29 is 14.9 Å². The van der Waals surface area contributed by atoms with Crippen molar-refractivity contribution in [2.24, 2.45) is 0 Å². The van der Waals surface area contributed by atoms with Crippen LogP contribution in [0, 0.1) is 6.92 Å². The van der Waals surface area contributed by atoms with Crippen molar-refractivity contribution in [1.82, 2.24) is 10.6 Å². The number of amides is 3. The molecular formula is C19H26N3O2S+. The van der Waals surface area contributed by atoms with Gasteiger partial charge in [0.1, 0.15) is 6.04 Å². The summed E-state index contributed by atoms with van der Waals surface area (Å²) in [6.45, 7) is 4.88. The van der Waals surface area contributed by atoms with Crippen LogP contribution in [0.1, 0.15) is 41.8 Å². The molecule has 1 aromatic heterocycles.